The molecule has 0 aromatic carbocycles. The summed E-state index contributed by atoms with van der Waals surface area (Å²) >= 11 is 0. The van der Waals surface area contributed by atoms with Gasteiger partial charge in [0, 0.05) is 25.7 Å². The van der Waals surface area contributed by atoms with E-state index in [-0.39, 0.29) is 25.7 Å². The molecule has 0 aliphatic rings. The highest BCUT2D eigenvalue weighted by molar-refractivity contribution is 7.47. The van der Waals surface area contributed by atoms with Crippen LogP contribution in [-0.4, -0.2) is 96.7 Å². The van der Waals surface area contributed by atoms with Gasteiger partial charge in [-0.3, -0.25) is 37.3 Å². The summed E-state index contributed by atoms with van der Waals surface area (Å²) in [4.78, 5) is 72.2. The summed E-state index contributed by atoms with van der Waals surface area (Å²) in [5, 5.41) is 10.5. The van der Waals surface area contributed by atoms with Crippen LogP contribution in [0.25, 0.3) is 0 Å². The zero-order chi connectivity index (χ0) is 61.5. The van der Waals surface area contributed by atoms with Crippen LogP contribution in [0.2, 0.25) is 0 Å². The number of ether oxygens (including phenoxy) is 4. The number of rotatable bonds is 63. The molecule has 0 aliphatic heterocycles. The van der Waals surface area contributed by atoms with Crippen LogP contribution in [0.5, 0.6) is 0 Å². The maximum Gasteiger partial charge on any atom is 0.472 e. The Labute approximate surface area is 505 Å². The Kier molecular flexibility index (Phi) is 55.2. The first kappa shape index (κ1) is 81.1. The van der Waals surface area contributed by atoms with Crippen molar-refractivity contribution in [2.75, 3.05) is 39.6 Å². The maximum atomic E-state index is 13.0. The summed E-state index contributed by atoms with van der Waals surface area (Å²) in [7, 11) is -9.89. The zero-order valence-electron chi connectivity index (χ0n) is 53.5. The van der Waals surface area contributed by atoms with E-state index >= 15 is 0 Å². The van der Waals surface area contributed by atoms with Crippen LogP contribution in [0.4, 0.5) is 0 Å². The van der Waals surface area contributed by atoms with Gasteiger partial charge >= 0.3 is 39.5 Å². The molecule has 19 heteroatoms. The molecule has 0 aromatic rings. The Bertz CT molecular complexity index is 1630. The molecule has 0 radical (unpaired) electrons. The van der Waals surface area contributed by atoms with Crippen molar-refractivity contribution in [2.45, 2.75) is 336 Å². The molecular weight excluding hydrogens is 1100 g/mol. The Morgan fingerprint density at radius 2 is 0.554 bits per heavy atom. The number of carbonyl (C=O) groups is 4. The Balaban J connectivity index is 5.25. The maximum absolute atomic E-state index is 13.0. The van der Waals surface area contributed by atoms with Crippen molar-refractivity contribution in [3.05, 3.63) is 0 Å². The number of phosphoric acid groups is 2. The molecular formula is C64H124O17P2. The molecule has 0 saturated carbocycles. The summed E-state index contributed by atoms with van der Waals surface area (Å²) in [6.07, 6.45) is 38.9. The van der Waals surface area contributed by atoms with E-state index in [1.807, 2.05) is 0 Å². The summed E-state index contributed by atoms with van der Waals surface area (Å²) in [5.74, 6) is -0.690. The van der Waals surface area contributed by atoms with Gasteiger partial charge in [0.2, 0.25) is 0 Å². The third kappa shape index (κ3) is 58.8. The average Bonchev–Trinajstić information content (AvgIpc) is 3.49. The summed E-state index contributed by atoms with van der Waals surface area (Å²) in [6, 6.07) is 0. The predicted octanol–water partition coefficient (Wildman–Crippen LogP) is 17.7. The minimum absolute atomic E-state index is 0.104. The first-order valence-electron chi connectivity index (χ1n) is 33.5. The molecule has 17 nitrogen and oxygen atoms in total. The first-order valence-corrected chi connectivity index (χ1v) is 36.5. The summed E-state index contributed by atoms with van der Waals surface area (Å²) in [5.41, 5.74) is 0. The van der Waals surface area contributed by atoms with E-state index in [0.717, 1.165) is 102 Å². The number of phosphoric ester groups is 2. The van der Waals surface area contributed by atoms with Crippen molar-refractivity contribution < 1.29 is 80.2 Å². The number of hydrogen-bond donors (Lipinski definition) is 3. The van der Waals surface area contributed by atoms with Gasteiger partial charge in [-0.25, -0.2) is 9.13 Å². The molecule has 0 rings (SSSR count). The Hall–Kier alpha value is -1.94. The molecule has 492 valence electrons. The van der Waals surface area contributed by atoms with Gasteiger partial charge in [-0.1, -0.05) is 266 Å². The average molecular weight is 1230 g/mol. The molecule has 83 heavy (non-hydrogen) atoms. The van der Waals surface area contributed by atoms with E-state index in [4.69, 9.17) is 37.0 Å². The molecule has 0 saturated heterocycles. The van der Waals surface area contributed by atoms with Crippen LogP contribution >= 0.6 is 15.6 Å². The van der Waals surface area contributed by atoms with Crippen molar-refractivity contribution in [2.24, 2.45) is 11.8 Å². The second kappa shape index (κ2) is 56.6. The highest BCUT2D eigenvalue weighted by atomic mass is 31.2. The van der Waals surface area contributed by atoms with Crippen molar-refractivity contribution in [3.8, 4) is 0 Å². The lowest BCUT2D eigenvalue weighted by Gasteiger charge is -2.21. The smallest absolute Gasteiger partial charge is 0.462 e. The lowest BCUT2D eigenvalue weighted by atomic mass is 10.0. The SMILES string of the molecule is CCCCCCCCCCCCCC(=O)O[C@H](COC(=O)CCCCCCCCCCCC)COP(=O)(O)OC[C@H](O)COP(=O)(O)OC[C@@H](COC(=O)CCCCCCCCCCC(C)C)OC(=O)CCCCCCCCCCC(C)C. The standard InChI is InChI=1S/C64H124O17P2/c1-7-9-11-13-15-17-19-21-30-36-42-48-63(68)80-59(52-74-61(66)46-40-34-28-20-18-16-14-12-10-8-2)54-78-82(70,71)76-50-58(65)51-77-83(72,73)79-55-60(81-64(69)49-43-37-31-25-23-27-33-39-45-57(5)6)53-75-62(67)47-41-35-29-24-22-26-32-38-44-56(3)4/h56-60,65H,7-55H2,1-6H3,(H,70,71)(H,72,73)/t58-,59+,60+/m0/s1. The number of esters is 4. The van der Waals surface area contributed by atoms with Crippen molar-refractivity contribution in [1.82, 2.24) is 0 Å². The van der Waals surface area contributed by atoms with Gasteiger partial charge in [0.15, 0.2) is 12.2 Å². The van der Waals surface area contributed by atoms with Gasteiger partial charge in [-0.2, -0.15) is 0 Å². The number of aliphatic hydroxyl groups excluding tert-OH is 1. The van der Waals surface area contributed by atoms with E-state index in [2.05, 4.69) is 41.5 Å². The molecule has 3 N–H and O–H groups in total. The topological polar surface area (TPSA) is 237 Å². The molecule has 0 fully saturated rings. The second-order valence-corrected chi connectivity index (χ2v) is 27.0. The van der Waals surface area contributed by atoms with Gasteiger partial charge in [-0.05, 0) is 37.5 Å². The first-order chi connectivity index (χ1) is 39.9. The zero-order valence-corrected chi connectivity index (χ0v) is 55.3. The number of unbranched alkanes of at least 4 members (excludes halogenated alkanes) is 33. The van der Waals surface area contributed by atoms with E-state index in [0.29, 0.717) is 25.7 Å². The van der Waals surface area contributed by atoms with Crippen LogP contribution in [0, 0.1) is 11.8 Å². The van der Waals surface area contributed by atoms with Crippen LogP contribution in [0.15, 0.2) is 0 Å². The van der Waals surface area contributed by atoms with Crippen LogP contribution in [0.1, 0.15) is 318 Å². The third-order valence-corrected chi connectivity index (χ3v) is 16.6. The second-order valence-electron chi connectivity index (χ2n) is 24.1. The van der Waals surface area contributed by atoms with Gasteiger partial charge in [0.1, 0.15) is 19.3 Å². The van der Waals surface area contributed by atoms with E-state index in [1.165, 1.54) is 135 Å². The van der Waals surface area contributed by atoms with Crippen molar-refractivity contribution in [3.63, 3.8) is 0 Å². The highest BCUT2D eigenvalue weighted by Crippen LogP contribution is 2.45. The molecule has 2 unspecified atom stereocenters. The highest BCUT2D eigenvalue weighted by Gasteiger charge is 2.30. The Morgan fingerprint density at radius 3 is 0.819 bits per heavy atom. The number of aliphatic hydroxyl groups is 1. The summed E-state index contributed by atoms with van der Waals surface area (Å²) < 4.78 is 68.0. The van der Waals surface area contributed by atoms with Crippen LogP contribution in [0.3, 0.4) is 0 Å². The fourth-order valence-electron chi connectivity index (χ4n) is 9.53. The summed E-state index contributed by atoms with van der Waals surface area (Å²) in [6.45, 7) is 9.41. The van der Waals surface area contributed by atoms with Crippen LogP contribution < -0.4 is 0 Å². The Morgan fingerprint density at radius 1 is 0.325 bits per heavy atom. The molecule has 0 aliphatic carbocycles. The predicted molar refractivity (Wildman–Crippen MR) is 331 cm³/mol. The van der Waals surface area contributed by atoms with E-state index < -0.39 is 97.5 Å². The molecule has 0 amide bonds. The normalized spacial score (nSPS) is 14.3. The lowest BCUT2D eigenvalue weighted by molar-refractivity contribution is -0.161. The fraction of sp³-hybridized carbons (Fsp3) is 0.938. The third-order valence-electron chi connectivity index (χ3n) is 14.7. The minimum Gasteiger partial charge on any atom is -0.462 e. The van der Waals surface area contributed by atoms with Gasteiger partial charge in [0.05, 0.1) is 26.4 Å². The molecule has 0 aromatic heterocycles. The molecule has 0 bridgehead atoms. The van der Waals surface area contributed by atoms with Gasteiger partial charge in [0.25, 0.3) is 0 Å². The van der Waals surface area contributed by atoms with Gasteiger partial charge < -0.3 is 33.8 Å². The largest absolute Gasteiger partial charge is 0.472 e. The minimum atomic E-state index is -4.94. The fourth-order valence-corrected chi connectivity index (χ4v) is 11.1. The number of carbonyl (C=O) groups excluding carboxylic acids is 4. The van der Waals surface area contributed by atoms with Crippen molar-refractivity contribution in [1.29, 1.82) is 0 Å². The van der Waals surface area contributed by atoms with Crippen LogP contribution in [-0.2, 0) is 65.4 Å². The molecule has 0 heterocycles. The van der Waals surface area contributed by atoms with Gasteiger partial charge in [-0.15, -0.1) is 0 Å². The van der Waals surface area contributed by atoms with E-state index in [9.17, 15) is 43.2 Å². The quantitative estimate of drug-likeness (QED) is 0.0222. The van der Waals surface area contributed by atoms with E-state index in [1.54, 1.807) is 0 Å². The molecule has 5 atom stereocenters. The number of hydrogen-bond acceptors (Lipinski definition) is 15. The lowest BCUT2D eigenvalue weighted by Crippen LogP contribution is -2.30. The monoisotopic (exact) mass is 1230 g/mol. The molecule has 0 spiro atoms. The van der Waals surface area contributed by atoms with Crippen molar-refractivity contribution >= 4 is 39.5 Å².